The summed E-state index contributed by atoms with van der Waals surface area (Å²) in [6.45, 7) is 3.89. The second-order valence-electron chi connectivity index (χ2n) is 11.9. The maximum Gasteiger partial charge on any atom is 0.136 e. The molecule has 1 spiro atoms. The van der Waals surface area contributed by atoms with Crippen LogP contribution in [-0.4, -0.2) is 110 Å². The third kappa shape index (κ3) is 2.20. The van der Waals surface area contributed by atoms with Crippen molar-refractivity contribution in [1.29, 1.82) is 0 Å². The summed E-state index contributed by atoms with van der Waals surface area (Å²) in [6, 6.07) is -0.236. The minimum atomic E-state index is -1.49. The minimum Gasteiger partial charge on any atom is -0.392 e. The molecule has 0 aromatic heterocycles. The predicted molar refractivity (Wildman–Crippen MR) is 119 cm³/mol. The molecule has 5 aliphatic carbocycles. The first-order valence-corrected chi connectivity index (χ1v) is 12.7. The molecule has 3 N–H and O–H groups in total. The summed E-state index contributed by atoms with van der Waals surface area (Å²) in [4.78, 5) is 2.33. The molecule has 7 bridgehead atoms. The number of fused-ring (bicyclic) bond motifs is 2. The van der Waals surface area contributed by atoms with Crippen molar-refractivity contribution in [3.63, 3.8) is 0 Å². The molecule has 6 fully saturated rings. The van der Waals surface area contributed by atoms with Crippen LogP contribution in [0.15, 0.2) is 0 Å². The van der Waals surface area contributed by atoms with E-state index in [1.165, 1.54) is 0 Å². The van der Waals surface area contributed by atoms with Gasteiger partial charge in [0, 0.05) is 64.6 Å². The lowest BCUT2D eigenvalue weighted by Gasteiger charge is -2.69. The third-order valence-corrected chi connectivity index (χ3v) is 11.5. The van der Waals surface area contributed by atoms with E-state index in [4.69, 9.17) is 18.9 Å². The quantitative estimate of drug-likeness (QED) is 0.512. The summed E-state index contributed by atoms with van der Waals surface area (Å²) < 4.78 is 24.0. The first kappa shape index (κ1) is 23.1. The largest absolute Gasteiger partial charge is 0.392 e. The van der Waals surface area contributed by atoms with E-state index in [1.807, 2.05) is 0 Å². The van der Waals surface area contributed by atoms with Gasteiger partial charge in [0.25, 0.3) is 0 Å². The molecule has 1 saturated heterocycles. The van der Waals surface area contributed by atoms with Crippen molar-refractivity contribution in [3.05, 3.63) is 0 Å². The van der Waals surface area contributed by atoms with Gasteiger partial charge in [-0.15, -0.1) is 0 Å². The molecule has 1 aliphatic heterocycles. The molecule has 0 aromatic rings. The van der Waals surface area contributed by atoms with E-state index in [1.54, 1.807) is 28.4 Å². The number of aliphatic hydroxyl groups excluding tert-OH is 1. The van der Waals surface area contributed by atoms with Crippen molar-refractivity contribution in [1.82, 2.24) is 4.90 Å². The van der Waals surface area contributed by atoms with Crippen molar-refractivity contribution in [2.45, 2.75) is 74.3 Å². The van der Waals surface area contributed by atoms with Gasteiger partial charge in [0.15, 0.2) is 0 Å². The highest BCUT2D eigenvalue weighted by molar-refractivity contribution is 5.40. The highest BCUT2D eigenvalue weighted by atomic mass is 16.5. The zero-order valence-corrected chi connectivity index (χ0v) is 20.6. The molecular formula is C25H41NO7. The van der Waals surface area contributed by atoms with Crippen molar-refractivity contribution >= 4 is 0 Å². The first-order chi connectivity index (χ1) is 15.8. The van der Waals surface area contributed by atoms with Crippen LogP contribution >= 0.6 is 0 Å². The van der Waals surface area contributed by atoms with E-state index >= 15 is 0 Å². The zero-order valence-electron chi connectivity index (χ0n) is 20.6. The van der Waals surface area contributed by atoms with Gasteiger partial charge in [-0.2, -0.15) is 0 Å². The number of likely N-dealkylation sites (tertiary alicyclic amines) is 1. The smallest absolute Gasteiger partial charge is 0.136 e. The Hall–Kier alpha value is -0.320. The molecule has 8 nitrogen and oxygen atoms in total. The maximum absolute atomic E-state index is 12.9. The van der Waals surface area contributed by atoms with Crippen LogP contribution in [0.1, 0.15) is 32.6 Å². The molecule has 33 heavy (non-hydrogen) atoms. The summed E-state index contributed by atoms with van der Waals surface area (Å²) >= 11 is 0. The van der Waals surface area contributed by atoms with E-state index in [-0.39, 0.29) is 47.3 Å². The van der Waals surface area contributed by atoms with Crippen LogP contribution in [0.25, 0.3) is 0 Å². The average molecular weight is 468 g/mol. The molecule has 13 atom stereocenters. The Balaban J connectivity index is 1.65. The summed E-state index contributed by atoms with van der Waals surface area (Å²) in [5.74, 6) is 0.0580. The minimum absolute atomic E-state index is 0.103. The second-order valence-corrected chi connectivity index (χ2v) is 11.9. The van der Waals surface area contributed by atoms with Crippen LogP contribution in [-0.2, 0) is 18.9 Å². The fourth-order valence-electron chi connectivity index (χ4n) is 11.0. The van der Waals surface area contributed by atoms with Gasteiger partial charge in [-0.1, -0.05) is 6.92 Å². The number of likely N-dealkylation sites (N-methyl/N-ethyl adjacent to an activating group) is 1. The third-order valence-electron chi connectivity index (χ3n) is 11.5. The van der Waals surface area contributed by atoms with E-state index in [0.29, 0.717) is 26.0 Å². The molecule has 6 aliphatic rings. The normalized spacial score (nSPS) is 60.9. The number of aliphatic hydroxyl groups is 3. The Labute approximate surface area is 196 Å². The SMILES string of the molecule is CCN1CC2(COC)C(O)CCC34C5CC6C(OC)CC(O)(C5C6OC)C(O)(C(OC)C23)C14. The fourth-order valence-corrected chi connectivity index (χ4v) is 11.0. The van der Waals surface area contributed by atoms with Crippen molar-refractivity contribution in [2.24, 2.45) is 34.5 Å². The van der Waals surface area contributed by atoms with E-state index in [0.717, 1.165) is 19.4 Å². The van der Waals surface area contributed by atoms with Crippen molar-refractivity contribution < 1.29 is 34.3 Å². The van der Waals surface area contributed by atoms with Gasteiger partial charge in [-0.3, -0.25) is 4.90 Å². The van der Waals surface area contributed by atoms with Gasteiger partial charge in [-0.25, -0.2) is 0 Å². The number of rotatable bonds is 6. The maximum atomic E-state index is 12.9. The molecule has 0 aromatic carbocycles. The molecule has 6 rings (SSSR count). The van der Waals surface area contributed by atoms with E-state index in [2.05, 4.69) is 11.8 Å². The highest BCUT2D eigenvalue weighted by Gasteiger charge is 2.90. The molecule has 188 valence electrons. The Morgan fingerprint density at radius 2 is 1.82 bits per heavy atom. The molecular weight excluding hydrogens is 426 g/mol. The molecule has 1 heterocycles. The summed E-state index contributed by atoms with van der Waals surface area (Å²) in [7, 11) is 6.78. The van der Waals surface area contributed by atoms with Gasteiger partial charge >= 0.3 is 0 Å². The lowest BCUT2D eigenvalue weighted by atomic mass is 9.43. The Kier molecular flexibility index (Phi) is 4.99. The molecule has 8 heteroatoms. The van der Waals surface area contributed by atoms with Crippen LogP contribution < -0.4 is 0 Å². The van der Waals surface area contributed by atoms with Crippen LogP contribution in [0, 0.1) is 34.5 Å². The summed E-state index contributed by atoms with van der Waals surface area (Å²) in [5.41, 5.74) is -3.74. The highest BCUT2D eigenvalue weighted by Crippen LogP contribution is 2.80. The van der Waals surface area contributed by atoms with E-state index in [9.17, 15) is 15.3 Å². The lowest BCUT2D eigenvalue weighted by molar-refractivity contribution is -0.311. The number of nitrogens with zero attached hydrogens (tertiary/aromatic N) is 1. The standard InChI is InChI=1S/C25H41NO7/c1-6-26-11-22(12-30-2)16(27)7-8-23-14-9-13-15(31-3)10-24(28,17(14)18(13)32-4)25(29,21(23)26)20(33-5)19(22)23/h13-21,27-29H,6-12H2,1-5H3. The number of hydrogen-bond acceptors (Lipinski definition) is 8. The topological polar surface area (TPSA) is 101 Å². The number of piperidine rings is 1. The van der Waals surface area contributed by atoms with Crippen molar-refractivity contribution in [2.75, 3.05) is 48.1 Å². The summed E-state index contributed by atoms with van der Waals surface area (Å²) in [5, 5.41) is 37.1. The number of ether oxygens (including phenoxy) is 4. The van der Waals surface area contributed by atoms with Gasteiger partial charge in [0.1, 0.15) is 11.2 Å². The molecule has 0 radical (unpaired) electrons. The van der Waals surface area contributed by atoms with Crippen LogP contribution in [0.2, 0.25) is 0 Å². The first-order valence-electron chi connectivity index (χ1n) is 12.7. The number of methoxy groups -OCH3 is 4. The van der Waals surface area contributed by atoms with Gasteiger partial charge in [0.2, 0.25) is 0 Å². The zero-order chi connectivity index (χ0) is 23.6. The second kappa shape index (κ2) is 7.13. The van der Waals surface area contributed by atoms with Gasteiger partial charge in [-0.05, 0) is 37.1 Å². The van der Waals surface area contributed by atoms with Gasteiger partial charge < -0.3 is 34.3 Å². The Morgan fingerprint density at radius 3 is 2.42 bits per heavy atom. The average Bonchev–Trinajstić information content (AvgIpc) is 3.22. The van der Waals surface area contributed by atoms with E-state index < -0.39 is 28.8 Å². The fraction of sp³-hybridized carbons (Fsp3) is 1.00. The monoisotopic (exact) mass is 467 g/mol. The molecule has 5 saturated carbocycles. The van der Waals surface area contributed by atoms with Crippen molar-refractivity contribution in [3.8, 4) is 0 Å². The molecule has 13 unspecified atom stereocenters. The number of hydrogen-bond donors (Lipinski definition) is 3. The van der Waals surface area contributed by atoms with Crippen LogP contribution in [0.3, 0.4) is 0 Å². The summed E-state index contributed by atoms with van der Waals surface area (Å²) in [6.07, 6.45) is 1.28. The Morgan fingerprint density at radius 1 is 1.06 bits per heavy atom. The molecule has 0 amide bonds. The predicted octanol–water partition coefficient (Wildman–Crippen LogP) is 0.271. The lowest BCUT2D eigenvalue weighted by Crippen LogP contribution is -2.80. The van der Waals surface area contributed by atoms with Gasteiger partial charge in [0.05, 0.1) is 37.1 Å². The van der Waals surface area contributed by atoms with Crippen LogP contribution in [0.5, 0.6) is 0 Å². The van der Waals surface area contributed by atoms with Crippen LogP contribution in [0.4, 0.5) is 0 Å². The Bertz CT molecular complexity index is 814.